The fourth-order valence-electron chi connectivity index (χ4n) is 2.97. The zero-order valence-corrected chi connectivity index (χ0v) is 15.5. The predicted molar refractivity (Wildman–Crippen MR) is 112 cm³/mol. The summed E-state index contributed by atoms with van der Waals surface area (Å²) < 4.78 is 0. The Kier molecular flexibility index (Phi) is 4.97. The Morgan fingerprint density at radius 2 is 1.75 bits per heavy atom. The number of para-hydroxylation sites is 1. The molecule has 28 heavy (non-hydrogen) atoms. The SMILES string of the molecule is Cc1ccc(CNc2cc(C(=O)Nc3cccc4cccnc34)ccn2)cc1. The summed E-state index contributed by atoms with van der Waals surface area (Å²) in [5.74, 6) is 0.461. The van der Waals surface area contributed by atoms with E-state index in [9.17, 15) is 4.79 Å². The Balaban J connectivity index is 1.48. The second-order valence-electron chi connectivity index (χ2n) is 6.60. The number of pyridine rings is 2. The number of nitrogens with one attached hydrogen (secondary N) is 2. The number of carbonyl (C=O) groups is 1. The largest absolute Gasteiger partial charge is 0.366 e. The van der Waals surface area contributed by atoms with Crippen LogP contribution in [-0.4, -0.2) is 15.9 Å². The lowest BCUT2D eigenvalue weighted by Crippen LogP contribution is -2.13. The van der Waals surface area contributed by atoms with Crippen LogP contribution in [0.3, 0.4) is 0 Å². The topological polar surface area (TPSA) is 66.9 Å². The quantitative estimate of drug-likeness (QED) is 0.531. The van der Waals surface area contributed by atoms with Crippen molar-refractivity contribution in [1.82, 2.24) is 9.97 Å². The molecule has 0 aliphatic heterocycles. The molecule has 0 saturated carbocycles. The van der Waals surface area contributed by atoms with Crippen molar-refractivity contribution >= 4 is 28.3 Å². The first kappa shape index (κ1) is 17.7. The van der Waals surface area contributed by atoms with Crippen LogP contribution in [0.2, 0.25) is 0 Å². The molecule has 0 aliphatic rings. The van der Waals surface area contributed by atoms with Gasteiger partial charge >= 0.3 is 0 Å². The van der Waals surface area contributed by atoms with Crippen LogP contribution >= 0.6 is 0 Å². The molecular weight excluding hydrogens is 348 g/mol. The molecule has 0 radical (unpaired) electrons. The van der Waals surface area contributed by atoms with E-state index in [4.69, 9.17) is 0 Å². The third-order valence-electron chi connectivity index (χ3n) is 4.50. The lowest BCUT2D eigenvalue weighted by Gasteiger charge is -2.10. The highest BCUT2D eigenvalue weighted by atomic mass is 16.1. The Morgan fingerprint density at radius 1 is 0.929 bits per heavy atom. The van der Waals surface area contributed by atoms with Crippen LogP contribution in [0.1, 0.15) is 21.5 Å². The smallest absolute Gasteiger partial charge is 0.255 e. The number of aromatic nitrogens is 2. The first-order valence-electron chi connectivity index (χ1n) is 9.09. The van der Waals surface area contributed by atoms with Gasteiger partial charge in [-0.3, -0.25) is 9.78 Å². The van der Waals surface area contributed by atoms with Gasteiger partial charge < -0.3 is 10.6 Å². The van der Waals surface area contributed by atoms with E-state index in [2.05, 4.69) is 51.8 Å². The molecule has 4 rings (SSSR count). The Labute approximate surface area is 163 Å². The van der Waals surface area contributed by atoms with Crippen LogP contribution in [0.25, 0.3) is 10.9 Å². The van der Waals surface area contributed by atoms with E-state index < -0.39 is 0 Å². The van der Waals surface area contributed by atoms with E-state index in [0.717, 1.165) is 16.5 Å². The van der Waals surface area contributed by atoms with E-state index in [-0.39, 0.29) is 5.91 Å². The molecule has 4 aromatic rings. The third kappa shape index (κ3) is 3.99. The molecule has 0 unspecified atom stereocenters. The van der Waals surface area contributed by atoms with Crippen molar-refractivity contribution in [3.63, 3.8) is 0 Å². The van der Waals surface area contributed by atoms with Crippen molar-refractivity contribution in [1.29, 1.82) is 0 Å². The van der Waals surface area contributed by atoms with Gasteiger partial charge in [-0.15, -0.1) is 0 Å². The van der Waals surface area contributed by atoms with Gasteiger partial charge in [-0.25, -0.2) is 4.98 Å². The molecule has 2 aromatic carbocycles. The Bertz CT molecular complexity index is 1120. The maximum atomic E-state index is 12.7. The number of amides is 1. The first-order valence-corrected chi connectivity index (χ1v) is 9.09. The molecule has 2 N–H and O–H groups in total. The molecule has 0 atom stereocenters. The molecule has 0 aliphatic carbocycles. The lowest BCUT2D eigenvalue weighted by atomic mass is 10.1. The Hall–Kier alpha value is -3.73. The van der Waals surface area contributed by atoms with Crippen LogP contribution in [0.5, 0.6) is 0 Å². The summed E-state index contributed by atoms with van der Waals surface area (Å²) in [5, 5.41) is 7.20. The van der Waals surface area contributed by atoms with Gasteiger partial charge in [0.2, 0.25) is 0 Å². The van der Waals surface area contributed by atoms with Gasteiger partial charge in [0.05, 0.1) is 11.2 Å². The summed E-state index contributed by atoms with van der Waals surface area (Å²) in [7, 11) is 0. The number of hydrogen-bond donors (Lipinski definition) is 2. The van der Waals surface area contributed by atoms with Gasteiger partial charge in [-0.2, -0.15) is 0 Å². The molecule has 0 spiro atoms. The summed E-state index contributed by atoms with van der Waals surface area (Å²) in [5.41, 5.74) is 4.38. The maximum Gasteiger partial charge on any atom is 0.255 e. The molecule has 5 nitrogen and oxygen atoms in total. The number of anilines is 2. The highest BCUT2D eigenvalue weighted by Crippen LogP contribution is 2.21. The second kappa shape index (κ2) is 7.88. The minimum absolute atomic E-state index is 0.195. The van der Waals surface area contributed by atoms with Gasteiger partial charge in [-0.1, -0.05) is 48.0 Å². The van der Waals surface area contributed by atoms with Gasteiger partial charge in [0.1, 0.15) is 5.82 Å². The minimum atomic E-state index is -0.195. The number of rotatable bonds is 5. The normalized spacial score (nSPS) is 10.6. The molecule has 0 saturated heterocycles. The standard InChI is InChI=1S/C23H20N4O/c1-16-7-9-17(10-8-16)15-26-21-14-19(11-13-24-21)23(28)27-20-6-2-4-18-5-3-12-25-22(18)20/h2-14H,15H2,1H3,(H,24,26)(H,27,28). The van der Waals surface area contributed by atoms with E-state index >= 15 is 0 Å². The molecule has 2 heterocycles. The summed E-state index contributed by atoms with van der Waals surface area (Å²) in [6, 6.07) is 21.3. The van der Waals surface area contributed by atoms with Crippen LogP contribution < -0.4 is 10.6 Å². The first-order chi connectivity index (χ1) is 13.7. The van der Waals surface area contributed by atoms with E-state index in [0.29, 0.717) is 23.6 Å². The molecule has 2 aromatic heterocycles. The lowest BCUT2D eigenvalue weighted by molar-refractivity contribution is 0.102. The molecule has 0 fully saturated rings. The fraction of sp³-hybridized carbons (Fsp3) is 0.0870. The molecule has 5 heteroatoms. The van der Waals surface area contributed by atoms with Gasteiger partial charge in [0.25, 0.3) is 5.91 Å². The zero-order valence-electron chi connectivity index (χ0n) is 15.5. The molecule has 138 valence electrons. The monoisotopic (exact) mass is 368 g/mol. The number of aryl methyl sites for hydroxylation is 1. The highest BCUT2D eigenvalue weighted by Gasteiger charge is 2.10. The second-order valence-corrected chi connectivity index (χ2v) is 6.60. The Morgan fingerprint density at radius 3 is 2.61 bits per heavy atom. The number of fused-ring (bicyclic) bond motifs is 1. The van der Waals surface area contributed by atoms with E-state index in [1.54, 1.807) is 24.5 Å². The average Bonchev–Trinajstić information content (AvgIpc) is 2.74. The molecular formula is C23H20N4O. The summed E-state index contributed by atoms with van der Waals surface area (Å²) >= 11 is 0. The van der Waals surface area contributed by atoms with Crippen molar-refractivity contribution in [3.8, 4) is 0 Å². The van der Waals surface area contributed by atoms with Crippen molar-refractivity contribution < 1.29 is 4.79 Å². The molecule has 1 amide bonds. The van der Waals surface area contributed by atoms with Crippen LogP contribution in [0, 0.1) is 6.92 Å². The van der Waals surface area contributed by atoms with Gasteiger partial charge in [0, 0.05) is 29.9 Å². The van der Waals surface area contributed by atoms with Crippen molar-refractivity contribution in [3.05, 3.63) is 95.8 Å². The van der Waals surface area contributed by atoms with Crippen molar-refractivity contribution in [2.75, 3.05) is 10.6 Å². The van der Waals surface area contributed by atoms with Crippen molar-refractivity contribution in [2.45, 2.75) is 13.5 Å². The predicted octanol–water partition coefficient (Wildman–Crippen LogP) is 4.80. The summed E-state index contributed by atoms with van der Waals surface area (Å²) in [6.45, 7) is 2.71. The van der Waals surface area contributed by atoms with Gasteiger partial charge in [0.15, 0.2) is 0 Å². The number of hydrogen-bond acceptors (Lipinski definition) is 4. The van der Waals surface area contributed by atoms with E-state index in [1.807, 2.05) is 30.3 Å². The third-order valence-corrected chi connectivity index (χ3v) is 4.50. The van der Waals surface area contributed by atoms with Crippen LogP contribution in [0.4, 0.5) is 11.5 Å². The number of carbonyl (C=O) groups excluding carboxylic acids is 1. The molecule has 0 bridgehead atoms. The fourth-order valence-corrected chi connectivity index (χ4v) is 2.97. The zero-order chi connectivity index (χ0) is 19.3. The van der Waals surface area contributed by atoms with Gasteiger partial charge in [-0.05, 0) is 36.8 Å². The summed E-state index contributed by atoms with van der Waals surface area (Å²) in [6.07, 6.45) is 3.35. The van der Waals surface area contributed by atoms with Crippen LogP contribution in [0.15, 0.2) is 79.1 Å². The van der Waals surface area contributed by atoms with Crippen molar-refractivity contribution in [2.24, 2.45) is 0 Å². The minimum Gasteiger partial charge on any atom is -0.366 e. The number of benzene rings is 2. The highest BCUT2D eigenvalue weighted by molar-refractivity contribution is 6.08. The number of nitrogens with zero attached hydrogens (tertiary/aromatic N) is 2. The van der Waals surface area contributed by atoms with Crippen LogP contribution in [-0.2, 0) is 6.54 Å². The average molecular weight is 368 g/mol. The summed E-state index contributed by atoms with van der Waals surface area (Å²) in [4.78, 5) is 21.4. The maximum absolute atomic E-state index is 12.7. The van der Waals surface area contributed by atoms with E-state index in [1.165, 1.54) is 5.56 Å².